The number of para-hydroxylation sites is 2. The molecule has 0 fully saturated rings. The van der Waals surface area contributed by atoms with E-state index in [-0.39, 0.29) is 0 Å². The second-order valence-electron chi connectivity index (χ2n) is 13.2. The van der Waals surface area contributed by atoms with E-state index in [9.17, 15) is 0 Å². The molecule has 0 saturated carbocycles. The number of fused-ring (bicyclic) bond motifs is 9. The Morgan fingerprint density at radius 2 is 1.00 bits per heavy atom. The number of benzene rings is 8. The minimum absolute atomic E-state index is 0.853. The third-order valence-electron chi connectivity index (χ3n) is 10.0. The van der Waals surface area contributed by atoms with Crippen LogP contribution in [0.15, 0.2) is 176 Å². The molecule has 0 aliphatic carbocycles. The van der Waals surface area contributed by atoms with Gasteiger partial charge < -0.3 is 9.47 Å². The molecule has 51 heavy (non-hydrogen) atoms. The minimum Gasteiger partial charge on any atom is -0.310 e. The molecule has 4 nitrogen and oxygen atoms in total. The molecule has 0 amide bonds. The molecule has 8 aromatic carbocycles. The van der Waals surface area contributed by atoms with Crippen molar-refractivity contribution in [1.29, 1.82) is 0 Å². The molecule has 0 radical (unpaired) electrons. The fourth-order valence-corrected chi connectivity index (χ4v) is 7.69. The Kier molecular flexibility index (Phi) is 6.68. The van der Waals surface area contributed by atoms with E-state index in [1.807, 2.05) is 6.20 Å². The zero-order chi connectivity index (χ0) is 33.9. The lowest BCUT2D eigenvalue weighted by Gasteiger charge is -2.26. The van der Waals surface area contributed by atoms with Crippen LogP contribution in [0, 0.1) is 6.92 Å². The van der Waals surface area contributed by atoms with Crippen LogP contribution in [0.25, 0.3) is 71.3 Å². The molecule has 0 bridgehead atoms. The average Bonchev–Trinajstić information content (AvgIpc) is 3.52. The minimum atomic E-state index is 0.853. The summed E-state index contributed by atoms with van der Waals surface area (Å²) in [5, 5.41) is 7.10. The summed E-state index contributed by atoms with van der Waals surface area (Å²) < 4.78 is 2.37. The van der Waals surface area contributed by atoms with Crippen molar-refractivity contribution in [2.45, 2.75) is 6.92 Å². The van der Waals surface area contributed by atoms with Crippen LogP contribution in [0.2, 0.25) is 0 Å². The quantitative estimate of drug-likeness (QED) is 0.174. The molecule has 0 saturated heterocycles. The van der Waals surface area contributed by atoms with Gasteiger partial charge in [0.15, 0.2) is 0 Å². The van der Waals surface area contributed by atoms with Crippen LogP contribution >= 0.6 is 0 Å². The lowest BCUT2D eigenvalue weighted by atomic mass is 9.99. The van der Waals surface area contributed by atoms with E-state index in [1.165, 1.54) is 38.1 Å². The van der Waals surface area contributed by atoms with Gasteiger partial charge in [0, 0.05) is 49.9 Å². The number of hydrogen-bond donors (Lipinski definition) is 0. The fraction of sp³-hybridized carbons (Fsp3) is 0.0213. The van der Waals surface area contributed by atoms with E-state index in [4.69, 9.17) is 9.97 Å². The first-order chi connectivity index (χ1) is 25.2. The molecule has 0 unspecified atom stereocenters. The smallest absolute Gasteiger partial charge is 0.0979 e. The third kappa shape index (κ3) is 4.76. The monoisotopic (exact) mass is 652 g/mol. The van der Waals surface area contributed by atoms with Crippen molar-refractivity contribution >= 4 is 71.4 Å². The Labute approximate surface area is 295 Å². The normalized spacial score (nSPS) is 11.6. The van der Waals surface area contributed by atoms with Crippen molar-refractivity contribution in [2.24, 2.45) is 0 Å². The number of hydrogen-bond acceptors (Lipinski definition) is 3. The van der Waals surface area contributed by atoms with Crippen LogP contribution in [-0.4, -0.2) is 14.5 Å². The zero-order valence-corrected chi connectivity index (χ0v) is 28.0. The van der Waals surface area contributed by atoms with E-state index in [1.54, 1.807) is 0 Å². The van der Waals surface area contributed by atoms with Crippen LogP contribution < -0.4 is 4.90 Å². The molecule has 2 aromatic heterocycles. The molecular weight excluding hydrogens is 621 g/mol. The van der Waals surface area contributed by atoms with Gasteiger partial charge in [-0.3, -0.25) is 4.98 Å². The summed E-state index contributed by atoms with van der Waals surface area (Å²) in [6, 6.07) is 60.5. The lowest BCUT2D eigenvalue weighted by Crippen LogP contribution is -2.09. The predicted octanol–water partition coefficient (Wildman–Crippen LogP) is 12.5. The zero-order valence-electron chi connectivity index (χ0n) is 28.0. The standard InChI is InChI=1S/C47H32N4/c1-31-20-26-44-41(28-31)42-29-36(25-27-45(42)51(44)34-14-6-3-7-15-34)50(33-12-4-2-5-13-33)35-23-21-32(22-24-35)43-30-48-46-39-18-10-8-16-37(39)38-17-9-11-19-40(38)47(46)49-43/h2-30H,1H3. The predicted molar refractivity (Wildman–Crippen MR) is 214 cm³/mol. The summed E-state index contributed by atoms with van der Waals surface area (Å²) in [4.78, 5) is 12.6. The van der Waals surface area contributed by atoms with Crippen LogP contribution in [0.4, 0.5) is 17.1 Å². The fourth-order valence-electron chi connectivity index (χ4n) is 7.69. The van der Waals surface area contributed by atoms with Gasteiger partial charge >= 0.3 is 0 Å². The Balaban J connectivity index is 1.11. The van der Waals surface area contributed by atoms with Crippen molar-refractivity contribution < 1.29 is 0 Å². The topological polar surface area (TPSA) is 34.0 Å². The summed E-state index contributed by atoms with van der Waals surface area (Å²) in [6.07, 6.45) is 1.91. The van der Waals surface area contributed by atoms with E-state index >= 15 is 0 Å². The molecule has 0 aliphatic heterocycles. The van der Waals surface area contributed by atoms with Gasteiger partial charge in [-0.1, -0.05) is 109 Å². The maximum absolute atomic E-state index is 5.23. The largest absolute Gasteiger partial charge is 0.310 e. The van der Waals surface area contributed by atoms with E-state index in [0.717, 1.165) is 55.8 Å². The van der Waals surface area contributed by atoms with Crippen LogP contribution in [0.5, 0.6) is 0 Å². The lowest BCUT2D eigenvalue weighted by molar-refractivity contribution is 1.18. The van der Waals surface area contributed by atoms with E-state index in [0.29, 0.717) is 0 Å². The number of aromatic nitrogens is 3. The van der Waals surface area contributed by atoms with Crippen LogP contribution in [0.1, 0.15) is 5.56 Å². The van der Waals surface area contributed by atoms with Crippen molar-refractivity contribution in [1.82, 2.24) is 14.5 Å². The summed E-state index contributed by atoms with van der Waals surface area (Å²) in [5.74, 6) is 0. The third-order valence-corrected chi connectivity index (χ3v) is 10.0. The molecule has 0 N–H and O–H groups in total. The average molecular weight is 653 g/mol. The number of rotatable bonds is 5. The Morgan fingerprint density at radius 1 is 0.451 bits per heavy atom. The summed E-state index contributed by atoms with van der Waals surface area (Å²) in [7, 11) is 0. The van der Waals surface area contributed by atoms with Crippen molar-refractivity contribution in [3.05, 3.63) is 182 Å². The molecule has 0 aliphatic rings. The molecular formula is C47H32N4. The number of nitrogens with zero attached hydrogens (tertiary/aromatic N) is 4. The highest BCUT2D eigenvalue weighted by atomic mass is 15.1. The Hall–Kier alpha value is -6.78. The number of aryl methyl sites for hydroxylation is 1. The highest BCUT2D eigenvalue weighted by Gasteiger charge is 2.18. The van der Waals surface area contributed by atoms with Gasteiger partial charge in [0.1, 0.15) is 0 Å². The summed E-state index contributed by atoms with van der Waals surface area (Å²) >= 11 is 0. The second kappa shape index (κ2) is 11.7. The SMILES string of the molecule is Cc1ccc2c(c1)c1cc(N(c3ccccc3)c3ccc(-c4cnc5c6ccccc6c6ccccc6c5n4)cc3)ccc1n2-c1ccccc1. The van der Waals surface area contributed by atoms with Gasteiger partial charge in [-0.05, 0) is 84.4 Å². The van der Waals surface area contributed by atoms with Gasteiger partial charge in [-0.2, -0.15) is 0 Å². The Bertz CT molecular complexity index is 2880. The first kappa shape index (κ1) is 29.2. The van der Waals surface area contributed by atoms with Gasteiger partial charge in [0.25, 0.3) is 0 Å². The van der Waals surface area contributed by atoms with Gasteiger partial charge in [-0.25, -0.2) is 4.98 Å². The van der Waals surface area contributed by atoms with Crippen LogP contribution in [0.3, 0.4) is 0 Å². The molecule has 0 spiro atoms. The summed E-state index contributed by atoms with van der Waals surface area (Å²) in [5.41, 5.74) is 11.8. The molecule has 10 aromatic rings. The van der Waals surface area contributed by atoms with Gasteiger partial charge in [-0.15, -0.1) is 0 Å². The highest BCUT2D eigenvalue weighted by Crippen LogP contribution is 2.41. The van der Waals surface area contributed by atoms with Crippen LogP contribution in [-0.2, 0) is 0 Å². The number of anilines is 3. The second-order valence-corrected chi connectivity index (χ2v) is 13.2. The van der Waals surface area contributed by atoms with E-state index in [2.05, 4.69) is 186 Å². The summed E-state index contributed by atoms with van der Waals surface area (Å²) in [6.45, 7) is 2.16. The molecule has 240 valence electrons. The molecule has 2 heterocycles. The van der Waals surface area contributed by atoms with E-state index < -0.39 is 0 Å². The highest BCUT2D eigenvalue weighted by molar-refractivity contribution is 6.23. The Morgan fingerprint density at radius 3 is 1.71 bits per heavy atom. The first-order valence-electron chi connectivity index (χ1n) is 17.3. The molecule has 4 heteroatoms. The molecule has 10 rings (SSSR count). The first-order valence-corrected chi connectivity index (χ1v) is 17.3. The van der Waals surface area contributed by atoms with Gasteiger partial charge in [0.05, 0.1) is 34.0 Å². The van der Waals surface area contributed by atoms with Crippen molar-refractivity contribution in [2.75, 3.05) is 4.90 Å². The van der Waals surface area contributed by atoms with Crippen molar-refractivity contribution in [3.63, 3.8) is 0 Å². The molecule has 0 atom stereocenters. The maximum Gasteiger partial charge on any atom is 0.0979 e. The van der Waals surface area contributed by atoms with Crippen molar-refractivity contribution in [3.8, 4) is 16.9 Å². The maximum atomic E-state index is 5.23. The van der Waals surface area contributed by atoms with Gasteiger partial charge in [0.2, 0.25) is 0 Å².